The number of hydrogen-bond acceptors (Lipinski definition) is 3. The van der Waals surface area contributed by atoms with Crippen molar-refractivity contribution in [3.8, 4) is 0 Å². The molecule has 0 spiro atoms. The van der Waals surface area contributed by atoms with Gasteiger partial charge in [0.1, 0.15) is 12.2 Å². The number of benzene rings is 1. The fraction of sp³-hybridized carbons (Fsp3) is 0.143. The smallest absolute Gasteiger partial charge is 0.193 e. The molecular formula is C14H8O3. The number of Topliss-reactive ketones (excluding diaryl/α,β-unsaturated/α-hetero) is 2. The molecule has 3 aliphatic rings. The first-order valence-corrected chi connectivity index (χ1v) is 5.53. The second kappa shape index (κ2) is 2.81. The van der Waals surface area contributed by atoms with Crippen molar-refractivity contribution in [1.82, 2.24) is 0 Å². The quantitative estimate of drug-likeness (QED) is 0.630. The Bertz CT molecular complexity index is 584. The lowest BCUT2D eigenvalue weighted by Gasteiger charge is -2.19. The summed E-state index contributed by atoms with van der Waals surface area (Å²) < 4.78 is 5.56. The van der Waals surface area contributed by atoms with Crippen molar-refractivity contribution in [3.63, 3.8) is 0 Å². The molecular weight excluding hydrogens is 216 g/mol. The minimum absolute atomic E-state index is 0.0629. The van der Waals surface area contributed by atoms with E-state index in [4.69, 9.17) is 4.74 Å². The van der Waals surface area contributed by atoms with Gasteiger partial charge in [0.15, 0.2) is 11.6 Å². The molecule has 2 heterocycles. The van der Waals surface area contributed by atoms with E-state index in [2.05, 4.69) is 0 Å². The summed E-state index contributed by atoms with van der Waals surface area (Å²) in [7, 11) is 0. The largest absolute Gasteiger partial charge is 0.357 e. The maximum atomic E-state index is 12.3. The monoisotopic (exact) mass is 224 g/mol. The first-order valence-electron chi connectivity index (χ1n) is 5.53. The van der Waals surface area contributed by atoms with Gasteiger partial charge in [-0.05, 0) is 0 Å². The summed E-state index contributed by atoms with van der Waals surface area (Å²) in [6, 6.07) is 6.96. The molecule has 0 amide bonds. The number of hydrogen-bond donors (Lipinski definition) is 0. The standard InChI is InChI=1S/C14H8O3/c15-13-7-3-1-2-4-8(7)14(16)12-10-6-5-9(17-10)11(12)13/h1-6,9-10H/t9-,10+. The first kappa shape index (κ1) is 9.07. The second-order valence-corrected chi connectivity index (χ2v) is 4.39. The van der Waals surface area contributed by atoms with Crippen LogP contribution < -0.4 is 0 Å². The van der Waals surface area contributed by atoms with Crippen LogP contribution in [0, 0.1) is 0 Å². The highest BCUT2D eigenvalue weighted by molar-refractivity contribution is 6.28. The van der Waals surface area contributed by atoms with Crippen LogP contribution in [0.3, 0.4) is 0 Å². The van der Waals surface area contributed by atoms with Crippen molar-refractivity contribution in [2.45, 2.75) is 12.2 Å². The highest BCUT2D eigenvalue weighted by Gasteiger charge is 2.46. The van der Waals surface area contributed by atoms with E-state index in [1.807, 2.05) is 12.2 Å². The number of carbonyl (C=O) groups is 2. The molecule has 0 saturated heterocycles. The van der Waals surface area contributed by atoms with Crippen LogP contribution in [-0.4, -0.2) is 23.8 Å². The van der Waals surface area contributed by atoms with Crippen LogP contribution in [0.25, 0.3) is 0 Å². The predicted octanol–water partition coefficient (Wildman–Crippen LogP) is 1.70. The lowest BCUT2D eigenvalue weighted by Crippen LogP contribution is -2.26. The molecule has 1 aromatic rings. The normalized spacial score (nSPS) is 28.7. The van der Waals surface area contributed by atoms with Gasteiger partial charge in [-0.1, -0.05) is 36.4 Å². The average Bonchev–Trinajstić information content (AvgIpc) is 2.96. The van der Waals surface area contributed by atoms with E-state index in [1.165, 1.54) is 0 Å². The van der Waals surface area contributed by atoms with Gasteiger partial charge in [0.2, 0.25) is 0 Å². The van der Waals surface area contributed by atoms with Crippen molar-refractivity contribution in [2.24, 2.45) is 0 Å². The molecule has 0 fully saturated rings. The zero-order chi connectivity index (χ0) is 11.6. The Morgan fingerprint density at radius 1 is 0.824 bits per heavy atom. The zero-order valence-corrected chi connectivity index (χ0v) is 8.84. The summed E-state index contributed by atoms with van der Waals surface area (Å²) in [5, 5.41) is 0. The Morgan fingerprint density at radius 3 is 1.76 bits per heavy atom. The third-order valence-electron chi connectivity index (χ3n) is 3.52. The number of fused-ring (bicyclic) bond motifs is 5. The molecule has 0 radical (unpaired) electrons. The fourth-order valence-corrected chi connectivity index (χ4v) is 2.76. The predicted molar refractivity (Wildman–Crippen MR) is 59.9 cm³/mol. The van der Waals surface area contributed by atoms with Gasteiger partial charge in [0.25, 0.3) is 0 Å². The number of rotatable bonds is 0. The van der Waals surface area contributed by atoms with Crippen LogP contribution in [0.4, 0.5) is 0 Å². The van der Waals surface area contributed by atoms with Gasteiger partial charge in [-0.3, -0.25) is 9.59 Å². The maximum Gasteiger partial charge on any atom is 0.193 e. The molecule has 4 rings (SSSR count). The molecule has 0 saturated carbocycles. The molecule has 1 aliphatic carbocycles. The van der Waals surface area contributed by atoms with Gasteiger partial charge in [-0.25, -0.2) is 0 Å². The SMILES string of the molecule is O=C1C2=C(C(=O)c3ccccc31)[C@H]1C=C[C@@H]2O1. The van der Waals surface area contributed by atoms with Gasteiger partial charge in [-0.15, -0.1) is 0 Å². The molecule has 3 nitrogen and oxygen atoms in total. The van der Waals surface area contributed by atoms with Crippen molar-refractivity contribution in [2.75, 3.05) is 0 Å². The van der Waals surface area contributed by atoms with Crippen molar-refractivity contribution in [3.05, 3.63) is 58.7 Å². The lowest BCUT2D eigenvalue weighted by atomic mass is 9.80. The van der Waals surface area contributed by atoms with Gasteiger partial charge in [0.05, 0.1) is 0 Å². The Labute approximate surface area is 97.4 Å². The van der Waals surface area contributed by atoms with Gasteiger partial charge < -0.3 is 4.74 Å². The minimum atomic E-state index is -0.320. The molecule has 0 unspecified atom stereocenters. The molecule has 0 N–H and O–H groups in total. The summed E-state index contributed by atoms with van der Waals surface area (Å²) in [6.07, 6.45) is 3.06. The Balaban J connectivity index is 2.00. The molecule has 2 bridgehead atoms. The van der Waals surface area contributed by atoms with E-state index in [1.54, 1.807) is 24.3 Å². The second-order valence-electron chi connectivity index (χ2n) is 4.39. The number of carbonyl (C=O) groups excluding carboxylic acids is 2. The highest BCUT2D eigenvalue weighted by Crippen LogP contribution is 2.41. The van der Waals surface area contributed by atoms with E-state index < -0.39 is 0 Å². The van der Waals surface area contributed by atoms with Gasteiger partial charge in [-0.2, -0.15) is 0 Å². The fourth-order valence-electron chi connectivity index (χ4n) is 2.76. The molecule has 0 aromatic heterocycles. The Morgan fingerprint density at radius 2 is 1.29 bits per heavy atom. The highest BCUT2D eigenvalue weighted by atomic mass is 16.5. The van der Waals surface area contributed by atoms with E-state index in [0.717, 1.165) is 0 Å². The summed E-state index contributed by atoms with van der Waals surface area (Å²) in [6.45, 7) is 0. The molecule has 82 valence electrons. The van der Waals surface area contributed by atoms with Crippen LogP contribution in [-0.2, 0) is 4.74 Å². The average molecular weight is 224 g/mol. The van der Waals surface area contributed by atoms with Crippen molar-refractivity contribution < 1.29 is 14.3 Å². The third kappa shape index (κ3) is 0.953. The van der Waals surface area contributed by atoms with E-state index >= 15 is 0 Å². The molecule has 2 aliphatic heterocycles. The number of ketones is 2. The van der Waals surface area contributed by atoms with Crippen LogP contribution in [0.15, 0.2) is 47.6 Å². The molecule has 2 atom stereocenters. The van der Waals surface area contributed by atoms with Crippen LogP contribution in [0.2, 0.25) is 0 Å². The van der Waals surface area contributed by atoms with Gasteiger partial charge >= 0.3 is 0 Å². The maximum absolute atomic E-state index is 12.3. The molecule has 3 heteroatoms. The van der Waals surface area contributed by atoms with Crippen LogP contribution >= 0.6 is 0 Å². The molecule has 1 aromatic carbocycles. The Kier molecular flexibility index (Phi) is 1.50. The van der Waals surface area contributed by atoms with Crippen LogP contribution in [0.1, 0.15) is 20.7 Å². The molecule has 17 heavy (non-hydrogen) atoms. The summed E-state index contributed by atoms with van der Waals surface area (Å²) in [5.74, 6) is -0.126. The number of ether oxygens (including phenoxy) is 1. The zero-order valence-electron chi connectivity index (χ0n) is 8.84. The lowest BCUT2D eigenvalue weighted by molar-refractivity contribution is 0.0968. The first-order chi connectivity index (χ1) is 8.27. The van der Waals surface area contributed by atoms with E-state index in [9.17, 15) is 9.59 Å². The summed E-state index contributed by atoms with van der Waals surface area (Å²) in [5.41, 5.74) is 2.09. The van der Waals surface area contributed by atoms with E-state index in [-0.39, 0.29) is 23.8 Å². The summed E-state index contributed by atoms with van der Waals surface area (Å²) in [4.78, 5) is 24.6. The summed E-state index contributed by atoms with van der Waals surface area (Å²) >= 11 is 0. The van der Waals surface area contributed by atoms with Crippen molar-refractivity contribution >= 4 is 11.6 Å². The van der Waals surface area contributed by atoms with Crippen LogP contribution in [0.5, 0.6) is 0 Å². The Hall–Kier alpha value is -2.00. The van der Waals surface area contributed by atoms with Gasteiger partial charge in [0, 0.05) is 22.3 Å². The third-order valence-corrected chi connectivity index (χ3v) is 3.52. The minimum Gasteiger partial charge on any atom is -0.357 e. The van der Waals surface area contributed by atoms with Crippen molar-refractivity contribution in [1.29, 1.82) is 0 Å². The van der Waals surface area contributed by atoms with E-state index in [0.29, 0.717) is 22.3 Å². The topological polar surface area (TPSA) is 43.4 Å².